The van der Waals surface area contributed by atoms with Crippen molar-refractivity contribution in [3.63, 3.8) is 0 Å². The number of rotatable bonds is 9. The van der Waals surface area contributed by atoms with E-state index in [4.69, 9.17) is 9.47 Å². The number of hydrogen-bond acceptors (Lipinski definition) is 5. The van der Waals surface area contributed by atoms with Gasteiger partial charge in [-0.05, 0) is 55.8 Å². The number of hydrogen-bond donors (Lipinski definition) is 1. The van der Waals surface area contributed by atoms with Gasteiger partial charge in [0.2, 0.25) is 10.0 Å². The first-order valence-corrected chi connectivity index (χ1v) is 10.7. The number of benzene rings is 2. The summed E-state index contributed by atoms with van der Waals surface area (Å²) in [5.41, 5.74) is 1.51. The summed E-state index contributed by atoms with van der Waals surface area (Å²) in [6.07, 6.45) is 1.16. The molecule has 0 saturated carbocycles. The predicted molar refractivity (Wildman–Crippen MR) is 109 cm³/mol. The standard InChI is InChI=1S/C20H26N2O5S/c1-5-22(28(4,24)25)17-8-12-19(13-9-17)27-14-20(23)21-15(2)16-6-10-18(26-3)11-7-16/h6-13,15H,5,14H2,1-4H3,(H,21,23)/t15-/m0/s1. The average molecular weight is 407 g/mol. The Bertz CT molecular complexity index is 880. The highest BCUT2D eigenvalue weighted by molar-refractivity contribution is 7.92. The highest BCUT2D eigenvalue weighted by atomic mass is 32.2. The third kappa shape index (κ3) is 5.88. The van der Waals surface area contributed by atoms with E-state index in [2.05, 4.69) is 5.32 Å². The maximum Gasteiger partial charge on any atom is 0.258 e. The van der Waals surface area contributed by atoms with E-state index in [0.29, 0.717) is 18.0 Å². The fourth-order valence-electron chi connectivity index (χ4n) is 2.73. The SMILES string of the molecule is CCN(c1ccc(OCC(=O)N[C@@H](C)c2ccc(OC)cc2)cc1)S(C)(=O)=O. The number of methoxy groups -OCH3 is 1. The molecule has 1 N–H and O–H groups in total. The van der Waals surface area contributed by atoms with Gasteiger partial charge in [-0.2, -0.15) is 0 Å². The summed E-state index contributed by atoms with van der Waals surface area (Å²) in [6.45, 7) is 3.85. The third-order valence-electron chi connectivity index (χ3n) is 4.18. The van der Waals surface area contributed by atoms with Crippen molar-refractivity contribution < 1.29 is 22.7 Å². The number of amides is 1. The highest BCUT2D eigenvalue weighted by Crippen LogP contribution is 2.21. The van der Waals surface area contributed by atoms with Gasteiger partial charge in [0, 0.05) is 6.54 Å². The van der Waals surface area contributed by atoms with Crippen LogP contribution in [0.15, 0.2) is 48.5 Å². The van der Waals surface area contributed by atoms with Gasteiger partial charge in [0.1, 0.15) is 11.5 Å². The van der Waals surface area contributed by atoms with Crippen molar-refractivity contribution in [2.75, 3.05) is 30.8 Å². The smallest absolute Gasteiger partial charge is 0.258 e. The minimum atomic E-state index is -3.33. The highest BCUT2D eigenvalue weighted by Gasteiger charge is 2.15. The molecule has 1 atom stereocenters. The summed E-state index contributed by atoms with van der Waals surface area (Å²) in [4.78, 5) is 12.1. The Morgan fingerprint density at radius 2 is 1.64 bits per heavy atom. The normalized spacial score (nSPS) is 12.1. The number of sulfonamides is 1. The molecular formula is C20H26N2O5S. The molecular weight excluding hydrogens is 380 g/mol. The molecule has 0 aliphatic heterocycles. The van der Waals surface area contributed by atoms with Crippen LogP contribution in [0.2, 0.25) is 0 Å². The summed E-state index contributed by atoms with van der Waals surface area (Å²) in [5, 5.41) is 2.87. The molecule has 0 spiro atoms. The molecule has 0 bridgehead atoms. The summed E-state index contributed by atoms with van der Waals surface area (Å²) >= 11 is 0. The molecule has 0 aliphatic carbocycles. The summed E-state index contributed by atoms with van der Waals surface area (Å²) < 4.78 is 35.4. The van der Waals surface area contributed by atoms with Crippen LogP contribution in [0.1, 0.15) is 25.5 Å². The molecule has 2 aromatic rings. The maximum atomic E-state index is 12.1. The molecule has 8 heteroatoms. The molecule has 0 saturated heterocycles. The van der Waals surface area contributed by atoms with Crippen molar-refractivity contribution in [1.29, 1.82) is 0 Å². The first kappa shape index (κ1) is 21.6. The number of nitrogens with zero attached hydrogens (tertiary/aromatic N) is 1. The number of nitrogens with one attached hydrogen (secondary N) is 1. The van der Waals surface area contributed by atoms with Crippen LogP contribution in [0, 0.1) is 0 Å². The zero-order valence-electron chi connectivity index (χ0n) is 16.5. The Morgan fingerprint density at radius 1 is 1.07 bits per heavy atom. The van der Waals surface area contributed by atoms with E-state index < -0.39 is 10.0 Å². The Kier molecular flexibility index (Phi) is 7.28. The first-order chi connectivity index (χ1) is 13.2. The van der Waals surface area contributed by atoms with Crippen LogP contribution in [0.25, 0.3) is 0 Å². The molecule has 2 rings (SSSR count). The lowest BCUT2D eigenvalue weighted by atomic mass is 10.1. The zero-order valence-corrected chi connectivity index (χ0v) is 17.3. The van der Waals surface area contributed by atoms with Crippen molar-refractivity contribution in [3.8, 4) is 11.5 Å². The minimum Gasteiger partial charge on any atom is -0.497 e. The Hall–Kier alpha value is -2.74. The molecule has 28 heavy (non-hydrogen) atoms. The van der Waals surface area contributed by atoms with Crippen molar-refractivity contribution in [2.24, 2.45) is 0 Å². The molecule has 152 valence electrons. The first-order valence-electron chi connectivity index (χ1n) is 8.88. The molecule has 0 radical (unpaired) electrons. The molecule has 7 nitrogen and oxygen atoms in total. The monoisotopic (exact) mass is 406 g/mol. The average Bonchev–Trinajstić information content (AvgIpc) is 2.67. The summed E-state index contributed by atoms with van der Waals surface area (Å²) in [5.74, 6) is 0.992. The second kappa shape index (κ2) is 9.45. The van der Waals surface area contributed by atoms with Gasteiger partial charge in [-0.3, -0.25) is 9.10 Å². The van der Waals surface area contributed by atoms with Crippen molar-refractivity contribution in [3.05, 3.63) is 54.1 Å². The predicted octanol–water partition coefficient (Wildman–Crippen LogP) is 2.74. The van der Waals surface area contributed by atoms with Crippen molar-refractivity contribution in [2.45, 2.75) is 19.9 Å². The molecule has 2 aromatic carbocycles. The van der Waals surface area contributed by atoms with Crippen LogP contribution in [-0.4, -0.2) is 40.8 Å². The van der Waals surface area contributed by atoms with E-state index in [1.165, 1.54) is 4.31 Å². The lowest BCUT2D eigenvalue weighted by Crippen LogP contribution is -2.31. The number of anilines is 1. The third-order valence-corrected chi connectivity index (χ3v) is 5.45. The fourth-order valence-corrected chi connectivity index (χ4v) is 3.70. The number of ether oxygens (including phenoxy) is 2. The van der Waals surface area contributed by atoms with E-state index in [1.54, 1.807) is 38.3 Å². The van der Waals surface area contributed by atoms with Gasteiger partial charge in [0.25, 0.3) is 5.91 Å². The van der Waals surface area contributed by atoms with Crippen LogP contribution < -0.4 is 19.1 Å². The maximum absolute atomic E-state index is 12.1. The molecule has 0 aromatic heterocycles. The molecule has 0 unspecified atom stereocenters. The van der Waals surface area contributed by atoms with Crippen molar-refractivity contribution >= 4 is 21.6 Å². The molecule has 0 aliphatic rings. The zero-order chi connectivity index (χ0) is 20.7. The molecule has 0 fully saturated rings. The van der Waals surface area contributed by atoms with Gasteiger partial charge in [-0.1, -0.05) is 12.1 Å². The van der Waals surface area contributed by atoms with Gasteiger partial charge >= 0.3 is 0 Å². The van der Waals surface area contributed by atoms with E-state index in [9.17, 15) is 13.2 Å². The van der Waals surface area contributed by atoms with Crippen LogP contribution >= 0.6 is 0 Å². The van der Waals surface area contributed by atoms with Crippen LogP contribution in [-0.2, 0) is 14.8 Å². The minimum absolute atomic E-state index is 0.136. The van der Waals surface area contributed by atoms with E-state index >= 15 is 0 Å². The lowest BCUT2D eigenvalue weighted by molar-refractivity contribution is -0.123. The second-order valence-corrected chi connectivity index (χ2v) is 8.18. The molecule has 1 amide bonds. The van der Waals surface area contributed by atoms with E-state index in [1.807, 2.05) is 31.2 Å². The summed E-state index contributed by atoms with van der Waals surface area (Å²) in [7, 11) is -1.73. The Morgan fingerprint density at radius 3 is 2.14 bits per heavy atom. The quantitative estimate of drug-likeness (QED) is 0.692. The fraction of sp³-hybridized carbons (Fsp3) is 0.350. The van der Waals surface area contributed by atoms with Crippen LogP contribution in [0.4, 0.5) is 5.69 Å². The van der Waals surface area contributed by atoms with Gasteiger partial charge in [-0.15, -0.1) is 0 Å². The van der Waals surface area contributed by atoms with E-state index in [-0.39, 0.29) is 18.6 Å². The molecule has 0 heterocycles. The second-order valence-electron chi connectivity index (χ2n) is 6.27. The Labute approximate surface area is 166 Å². The van der Waals surface area contributed by atoms with Crippen molar-refractivity contribution in [1.82, 2.24) is 5.32 Å². The van der Waals surface area contributed by atoms with E-state index in [0.717, 1.165) is 17.6 Å². The van der Waals surface area contributed by atoms with Gasteiger partial charge in [-0.25, -0.2) is 8.42 Å². The topological polar surface area (TPSA) is 84.9 Å². The number of carbonyl (C=O) groups excluding carboxylic acids is 1. The van der Waals surface area contributed by atoms with Gasteiger partial charge < -0.3 is 14.8 Å². The summed E-state index contributed by atoms with van der Waals surface area (Å²) in [6, 6.07) is 13.9. The van der Waals surface area contributed by atoms with Crippen LogP contribution in [0.5, 0.6) is 11.5 Å². The van der Waals surface area contributed by atoms with Gasteiger partial charge in [0.15, 0.2) is 6.61 Å². The largest absolute Gasteiger partial charge is 0.497 e. The van der Waals surface area contributed by atoms with Gasteiger partial charge in [0.05, 0.1) is 25.1 Å². The Balaban J connectivity index is 1.89. The lowest BCUT2D eigenvalue weighted by Gasteiger charge is -2.20. The van der Waals surface area contributed by atoms with Crippen LogP contribution in [0.3, 0.4) is 0 Å². The number of carbonyl (C=O) groups is 1.